The number of H-pyrrole nitrogens is 1. The number of rotatable bonds is 4. The first-order valence-corrected chi connectivity index (χ1v) is 10.3. The van der Waals surface area contributed by atoms with Crippen molar-refractivity contribution < 1.29 is 4.79 Å². The molecule has 2 aromatic heterocycles. The van der Waals surface area contributed by atoms with E-state index in [0.29, 0.717) is 11.8 Å². The maximum atomic E-state index is 12.3. The number of nitrogens with one attached hydrogen (secondary N) is 1. The van der Waals surface area contributed by atoms with Crippen LogP contribution in [0.4, 0.5) is 5.69 Å². The Morgan fingerprint density at radius 2 is 1.86 bits per heavy atom. The van der Waals surface area contributed by atoms with Gasteiger partial charge in [0.15, 0.2) is 0 Å². The first-order valence-electron chi connectivity index (χ1n) is 10.3. The number of anilines is 1. The number of hydrogen-bond acceptors (Lipinski definition) is 3. The number of aromatic nitrogens is 2. The van der Waals surface area contributed by atoms with E-state index in [9.17, 15) is 4.79 Å². The molecule has 2 fully saturated rings. The molecule has 1 N–H and O–H groups in total. The summed E-state index contributed by atoms with van der Waals surface area (Å²) in [6.07, 6.45) is 5.08. The van der Waals surface area contributed by atoms with Crippen LogP contribution in [0.1, 0.15) is 25.3 Å². The first-order chi connectivity index (χ1) is 13.7. The predicted octanol–water partition coefficient (Wildman–Crippen LogP) is 3.85. The monoisotopic (exact) mass is 374 g/mol. The molecule has 0 bridgehead atoms. The molecule has 1 aliphatic heterocycles. The average molecular weight is 374 g/mol. The molecule has 0 atom stereocenters. The van der Waals surface area contributed by atoms with Gasteiger partial charge in [0.05, 0.1) is 0 Å². The summed E-state index contributed by atoms with van der Waals surface area (Å²) in [6.45, 7) is 5.56. The minimum absolute atomic E-state index is 0.311. The Labute approximate surface area is 165 Å². The smallest absolute Gasteiger partial charge is 0.225 e. The molecule has 1 saturated carbocycles. The van der Waals surface area contributed by atoms with Crippen molar-refractivity contribution in [1.29, 1.82) is 0 Å². The lowest BCUT2D eigenvalue weighted by molar-refractivity contribution is -0.132. The van der Waals surface area contributed by atoms with Gasteiger partial charge in [-0.3, -0.25) is 4.79 Å². The van der Waals surface area contributed by atoms with Crippen LogP contribution in [0.2, 0.25) is 0 Å². The second-order valence-corrected chi connectivity index (χ2v) is 7.91. The van der Waals surface area contributed by atoms with E-state index in [0.717, 1.165) is 62.2 Å². The van der Waals surface area contributed by atoms with Gasteiger partial charge in [0.1, 0.15) is 5.65 Å². The number of fused-ring (bicyclic) bond motifs is 1. The van der Waals surface area contributed by atoms with Crippen LogP contribution in [0.3, 0.4) is 0 Å². The summed E-state index contributed by atoms with van der Waals surface area (Å²) < 4.78 is 0. The van der Waals surface area contributed by atoms with Crippen molar-refractivity contribution >= 4 is 22.6 Å². The van der Waals surface area contributed by atoms with E-state index in [1.54, 1.807) is 0 Å². The number of amides is 1. The van der Waals surface area contributed by atoms with Gasteiger partial charge in [-0.05, 0) is 42.5 Å². The van der Waals surface area contributed by atoms with Crippen molar-refractivity contribution in [3.05, 3.63) is 48.2 Å². The zero-order valence-electron chi connectivity index (χ0n) is 16.3. The number of piperazine rings is 1. The number of hydrogen-bond donors (Lipinski definition) is 1. The summed E-state index contributed by atoms with van der Waals surface area (Å²) in [4.78, 5) is 24.8. The quantitative estimate of drug-likeness (QED) is 0.755. The third kappa shape index (κ3) is 3.15. The molecular formula is C23H26N4O. The number of pyridine rings is 1. The van der Waals surface area contributed by atoms with Gasteiger partial charge in [0, 0.05) is 55.1 Å². The highest BCUT2D eigenvalue weighted by Gasteiger charge is 2.34. The lowest BCUT2D eigenvalue weighted by atomic mass is 10.1. The molecule has 5 rings (SSSR count). The topological polar surface area (TPSA) is 52.2 Å². The summed E-state index contributed by atoms with van der Waals surface area (Å²) >= 11 is 0. The van der Waals surface area contributed by atoms with Gasteiger partial charge < -0.3 is 14.8 Å². The molecule has 0 radical (unpaired) electrons. The van der Waals surface area contributed by atoms with Gasteiger partial charge in [-0.2, -0.15) is 0 Å². The van der Waals surface area contributed by atoms with Crippen molar-refractivity contribution in [2.75, 3.05) is 31.1 Å². The number of aryl methyl sites for hydroxylation is 1. The third-order valence-corrected chi connectivity index (χ3v) is 6.04. The molecule has 5 heteroatoms. The van der Waals surface area contributed by atoms with Gasteiger partial charge in [0.25, 0.3) is 0 Å². The second-order valence-electron chi connectivity index (χ2n) is 7.91. The SMILES string of the molecule is CCc1ccc(-c2cc3c(N4CCN(C(=O)C5CC5)CC4)ccnc3[nH]2)cc1. The standard InChI is InChI=1S/C23H26N4O/c1-2-16-3-5-17(6-4-16)20-15-19-21(9-10-24-22(19)25-20)26-11-13-27(14-12-26)23(28)18-7-8-18/h3-6,9-10,15,18H,2,7-8,11-14H2,1H3,(H,24,25). The van der Waals surface area contributed by atoms with E-state index in [4.69, 9.17) is 0 Å². The molecular weight excluding hydrogens is 348 g/mol. The van der Waals surface area contributed by atoms with Gasteiger partial charge >= 0.3 is 0 Å². The maximum Gasteiger partial charge on any atom is 0.225 e. The highest BCUT2D eigenvalue weighted by Crippen LogP contribution is 2.33. The zero-order chi connectivity index (χ0) is 19.1. The fourth-order valence-electron chi connectivity index (χ4n) is 4.12. The largest absolute Gasteiger partial charge is 0.367 e. The molecule has 0 spiro atoms. The molecule has 2 aliphatic rings. The fraction of sp³-hybridized carbons (Fsp3) is 0.391. The van der Waals surface area contributed by atoms with Gasteiger partial charge in [-0.1, -0.05) is 31.2 Å². The second kappa shape index (κ2) is 6.97. The van der Waals surface area contributed by atoms with E-state index in [-0.39, 0.29) is 0 Å². The van der Waals surface area contributed by atoms with Crippen molar-refractivity contribution in [1.82, 2.24) is 14.9 Å². The Morgan fingerprint density at radius 3 is 2.54 bits per heavy atom. The van der Waals surface area contributed by atoms with E-state index < -0.39 is 0 Å². The van der Waals surface area contributed by atoms with Gasteiger partial charge in [-0.15, -0.1) is 0 Å². The predicted molar refractivity (Wildman–Crippen MR) is 112 cm³/mol. The van der Waals surface area contributed by atoms with Crippen LogP contribution >= 0.6 is 0 Å². The highest BCUT2D eigenvalue weighted by atomic mass is 16.2. The van der Waals surface area contributed by atoms with E-state index in [2.05, 4.69) is 58.2 Å². The van der Waals surface area contributed by atoms with Crippen molar-refractivity contribution in [3.8, 4) is 11.3 Å². The molecule has 5 nitrogen and oxygen atoms in total. The average Bonchev–Trinajstić information content (AvgIpc) is 3.51. The Kier molecular flexibility index (Phi) is 4.30. The molecule has 3 heterocycles. The number of nitrogens with zero attached hydrogens (tertiary/aromatic N) is 3. The molecule has 0 unspecified atom stereocenters. The minimum Gasteiger partial charge on any atom is -0.367 e. The maximum absolute atomic E-state index is 12.3. The van der Waals surface area contributed by atoms with Crippen LogP contribution < -0.4 is 4.90 Å². The van der Waals surface area contributed by atoms with Crippen LogP contribution in [-0.2, 0) is 11.2 Å². The highest BCUT2D eigenvalue weighted by molar-refractivity contribution is 5.94. The number of aromatic amines is 1. The Bertz CT molecular complexity index is 995. The summed E-state index contributed by atoms with van der Waals surface area (Å²) in [5, 5.41) is 1.15. The van der Waals surface area contributed by atoms with Crippen LogP contribution in [0.5, 0.6) is 0 Å². The lowest BCUT2D eigenvalue weighted by Gasteiger charge is -2.36. The Morgan fingerprint density at radius 1 is 1.11 bits per heavy atom. The van der Waals surface area contributed by atoms with Crippen molar-refractivity contribution in [2.45, 2.75) is 26.2 Å². The number of benzene rings is 1. The summed E-state index contributed by atoms with van der Waals surface area (Å²) in [7, 11) is 0. The first kappa shape index (κ1) is 17.3. The van der Waals surface area contributed by atoms with Crippen molar-refractivity contribution in [2.24, 2.45) is 5.92 Å². The van der Waals surface area contributed by atoms with Crippen LogP contribution in [0.15, 0.2) is 42.6 Å². The van der Waals surface area contributed by atoms with Crippen LogP contribution in [0.25, 0.3) is 22.3 Å². The Hall–Kier alpha value is -2.82. The minimum atomic E-state index is 0.311. The molecule has 1 aromatic carbocycles. The zero-order valence-corrected chi connectivity index (χ0v) is 16.3. The summed E-state index contributed by atoms with van der Waals surface area (Å²) in [6, 6.07) is 13.0. The van der Waals surface area contributed by atoms with Crippen LogP contribution in [0, 0.1) is 5.92 Å². The lowest BCUT2D eigenvalue weighted by Crippen LogP contribution is -2.49. The van der Waals surface area contributed by atoms with E-state index >= 15 is 0 Å². The normalized spacial score (nSPS) is 17.3. The molecule has 1 amide bonds. The number of carbonyl (C=O) groups excluding carboxylic acids is 1. The molecule has 1 aliphatic carbocycles. The fourth-order valence-corrected chi connectivity index (χ4v) is 4.12. The molecule has 28 heavy (non-hydrogen) atoms. The van der Waals surface area contributed by atoms with Gasteiger partial charge in [-0.25, -0.2) is 4.98 Å². The third-order valence-electron chi connectivity index (χ3n) is 6.04. The molecule has 144 valence electrons. The summed E-state index contributed by atoms with van der Waals surface area (Å²) in [5.74, 6) is 0.671. The molecule has 3 aromatic rings. The molecule has 1 saturated heterocycles. The van der Waals surface area contributed by atoms with Crippen LogP contribution in [-0.4, -0.2) is 47.0 Å². The Balaban J connectivity index is 1.39. The van der Waals surface area contributed by atoms with Gasteiger partial charge in [0.2, 0.25) is 5.91 Å². The summed E-state index contributed by atoms with van der Waals surface area (Å²) in [5.41, 5.74) is 5.75. The van der Waals surface area contributed by atoms with E-state index in [1.807, 2.05) is 11.1 Å². The number of carbonyl (C=O) groups is 1. The van der Waals surface area contributed by atoms with Crippen molar-refractivity contribution in [3.63, 3.8) is 0 Å². The van der Waals surface area contributed by atoms with E-state index in [1.165, 1.54) is 16.8 Å².